The van der Waals surface area contributed by atoms with Gasteiger partial charge in [0.25, 0.3) is 11.8 Å². The van der Waals surface area contributed by atoms with Crippen molar-refractivity contribution in [1.29, 1.82) is 0 Å². The summed E-state index contributed by atoms with van der Waals surface area (Å²) in [6.45, 7) is -0.119. The molecule has 0 aliphatic carbocycles. The molecule has 0 aromatic heterocycles. The SMILES string of the molecule is COc1ccc(NC(=O)c2cccc3c2OCC(=O)N3)cc1Cl. The number of hydrogen-bond acceptors (Lipinski definition) is 4. The van der Waals surface area contributed by atoms with E-state index in [1.54, 1.807) is 36.4 Å². The molecule has 7 heteroatoms. The molecule has 2 aromatic carbocycles. The second kappa shape index (κ2) is 6.18. The van der Waals surface area contributed by atoms with E-state index in [2.05, 4.69) is 10.6 Å². The Bertz CT molecular complexity index is 792. The molecule has 2 amide bonds. The minimum atomic E-state index is -0.362. The Morgan fingerprint density at radius 3 is 2.91 bits per heavy atom. The molecule has 2 N–H and O–H groups in total. The fourth-order valence-corrected chi connectivity index (χ4v) is 2.49. The van der Waals surface area contributed by atoms with Crippen molar-refractivity contribution in [2.75, 3.05) is 24.4 Å². The van der Waals surface area contributed by atoms with Gasteiger partial charge in [-0.2, -0.15) is 0 Å². The predicted molar refractivity (Wildman–Crippen MR) is 86.5 cm³/mol. The Morgan fingerprint density at radius 1 is 1.35 bits per heavy atom. The fraction of sp³-hybridized carbons (Fsp3) is 0.125. The minimum absolute atomic E-state index is 0.119. The molecule has 0 saturated heterocycles. The van der Waals surface area contributed by atoms with E-state index in [0.717, 1.165) is 0 Å². The van der Waals surface area contributed by atoms with Crippen molar-refractivity contribution in [3.8, 4) is 11.5 Å². The molecule has 0 atom stereocenters. The first-order valence-electron chi connectivity index (χ1n) is 6.79. The smallest absolute Gasteiger partial charge is 0.262 e. The average Bonchev–Trinajstić information content (AvgIpc) is 2.54. The van der Waals surface area contributed by atoms with Crippen LogP contribution in [0, 0.1) is 0 Å². The molecule has 0 radical (unpaired) electrons. The lowest BCUT2D eigenvalue weighted by molar-refractivity contribution is -0.118. The summed E-state index contributed by atoms with van der Waals surface area (Å²) >= 11 is 6.04. The Hall–Kier alpha value is -2.73. The third-order valence-corrected chi connectivity index (χ3v) is 3.59. The number of benzene rings is 2. The first-order chi connectivity index (χ1) is 11.1. The number of para-hydroxylation sites is 1. The van der Waals surface area contributed by atoms with E-state index in [-0.39, 0.29) is 18.4 Å². The number of carbonyl (C=O) groups excluding carboxylic acids is 2. The van der Waals surface area contributed by atoms with Crippen molar-refractivity contribution in [3.05, 3.63) is 47.0 Å². The molecule has 118 valence electrons. The Morgan fingerprint density at radius 2 is 2.17 bits per heavy atom. The van der Waals surface area contributed by atoms with E-state index in [9.17, 15) is 9.59 Å². The lowest BCUT2D eigenvalue weighted by Gasteiger charge is -2.20. The van der Waals surface area contributed by atoms with E-state index in [1.807, 2.05) is 0 Å². The molecule has 23 heavy (non-hydrogen) atoms. The van der Waals surface area contributed by atoms with Gasteiger partial charge in [-0.1, -0.05) is 17.7 Å². The first-order valence-corrected chi connectivity index (χ1v) is 7.17. The maximum Gasteiger partial charge on any atom is 0.262 e. The largest absolute Gasteiger partial charge is 0.495 e. The van der Waals surface area contributed by atoms with Crippen LogP contribution in [-0.4, -0.2) is 25.5 Å². The van der Waals surface area contributed by atoms with Gasteiger partial charge in [-0.3, -0.25) is 9.59 Å². The number of fused-ring (bicyclic) bond motifs is 1. The molecule has 6 nitrogen and oxygen atoms in total. The third kappa shape index (κ3) is 3.07. The van der Waals surface area contributed by atoms with Crippen LogP contribution in [0.1, 0.15) is 10.4 Å². The van der Waals surface area contributed by atoms with Gasteiger partial charge in [0.1, 0.15) is 5.75 Å². The van der Waals surface area contributed by atoms with Crippen LogP contribution in [0.3, 0.4) is 0 Å². The molecule has 3 rings (SSSR count). The maximum absolute atomic E-state index is 12.5. The van der Waals surface area contributed by atoms with Gasteiger partial charge in [-0.05, 0) is 30.3 Å². The van der Waals surface area contributed by atoms with Crippen LogP contribution >= 0.6 is 11.6 Å². The normalized spacial score (nSPS) is 12.7. The highest BCUT2D eigenvalue weighted by Crippen LogP contribution is 2.32. The highest BCUT2D eigenvalue weighted by Gasteiger charge is 2.22. The van der Waals surface area contributed by atoms with Gasteiger partial charge in [0.15, 0.2) is 12.4 Å². The first kappa shape index (κ1) is 15.2. The number of methoxy groups -OCH3 is 1. The average molecular weight is 333 g/mol. The Balaban J connectivity index is 1.85. The van der Waals surface area contributed by atoms with Crippen LogP contribution in [0.2, 0.25) is 5.02 Å². The van der Waals surface area contributed by atoms with E-state index < -0.39 is 0 Å². The highest BCUT2D eigenvalue weighted by atomic mass is 35.5. The number of rotatable bonds is 3. The van der Waals surface area contributed by atoms with Crippen LogP contribution in [0.4, 0.5) is 11.4 Å². The van der Waals surface area contributed by atoms with Gasteiger partial charge in [0.05, 0.1) is 23.4 Å². The summed E-state index contributed by atoms with van der Waals surface area (Å²) in [7, 11) is 1.52. The molecule has 1 aliphatic heterocycles. The molecule has 0 saturated carbocycles. The lowest BCUT2D eigenvalue weighted by atomic mass is 10.1. The number of halogens is 1. The van der Waals surface area contributed by atoms with Crippen LogP contribution < -0.4 is 20.1 Å². The van der Waals surface area contributed by atoms with Crippen molar-refractivity contribution in [2.24, 2.45) is 0 Å². The number of anilines is 2. The standard InChI is InChI=1S/C16H13ClN2O4/c1-22-13-6-5-9(7-11(13)17)18-16(21)10-3-2-4-12-15(10)23-8-14(20)19-12/h2-7H,8H2,1H3,(H,18,21)(H,19,20). The molecule has 0 unspecified atom stereocenters. The molecule has 0 bridgehead atoms. The van der Waals surface area contributed by atoms with Gasteiger partial charge >= 0.3 is 0 Å². The number of hydrogen-bond donors (Lipinski definition) is 2. The maximum atomic E-state index is 12.5. The van der Waals surface area contributed by atoms with E-state index in [0.29, 0.717) is 33.5 Å². The van der Waals surface area contributed by atoms with Crippen molar-refractivity contribution < 1.29 is 19.1 Å². The topological polar surface area (TPSA) is 76.7 Å². The minimum Gasteiger partial charge on any atom is -0.495 e. The van der Waals surface area contributed by atoms with Crippen LogP contribution in [-0.2, 0) is 4.79 Å². The number of carbonyl (C=O) groups is 2. The molecule has 1 heterocycles. The number of nitrogens with one attached hydrogen (secondary N) is 2. The molecule has 2 aromatic rings. The summed E-state index contributed by atoms with van der Waals surface area (Å²) in [5.41, 5.74) is 1.33. The van der Waals surface area contributed by atoms with Crippen molar-refractivity contribution in [1.82, 2.24) is 0 Å². The summed E-state index contributed by atoms with van der Waals surface area (Å²) in [6.07, 6.45) is 0. The second-order valence-corrected chi connectivity index (χ2v) is 5.23. The van der Waals surface area contributed by atoms with Crippen LogP contribution in [0.5, 0.6) is 11.5 Å². The zero-order valence-corrected chi connectivity index (χ0v) is 12.9. The number of amides is 2. The third-order valence-electron chi connectivity index (χ3n) is 3.29. The van der Waals surface area contributed by atoms with Crippen LogP contribution in [0.15, 0.2) is 36.4 Å². The van der Waals surface area contributed by atoms with Gasteiger partial charge in [-0.25, -0.2) is 0 Å². The van der Waals surface area contributed by atoms with E-state index in [4.69, 9.17) is 21.1 Å². The monoisotopic (exact) mass is 332 g/mol. The van der Waals surface area contributed by atoms with Crippen LogP contribution in [0.25, 0.3) is 0 Å². The van der Waals surface area contributed by atoms with Crippen molar-refractivity contribution >= 4 is 34.8 Å². The summed E-state index contributed by atoms with van der Waals surface area (Å²) < 4.78 is 10.4. The second-order valence-electron chi connectivity index (χ2n) is 4.82. The highest BCUT2D eigenvalue weighted by molar-refractivity contribution is 6.32. The van der Waals surface area contributed by atoms with Gasteiger partial charge in [0, 0.05) is 5.69 Å². The zero-order valence-electron chi connectivity index (χ0n) is 12.2. The van der Waals surface area contributed by atoms with E-state index in [1.165, 1.54) is 7.11 Å². The molecular formula is C16H13ClN2O4. The quantitative estimate of drug-likeness (QED) is 0.906. The van der Waals surface area contributed by atoms with E-state index >= 15 is 0 Å². The molecule has 1 aliphatic rings. The summed E-state index contributed by atoms with van der Waals surface area (Å²) in [5.74, 6) is 0.258. The Labute approximate surface area is 137 Å². The summed E-state index contributed by atoms with van der Waals surface area (Å²) in [4.78, 5) is 23.8. The Kier molecular flexibility index (Phi) is 4.08. The van der Waals surface area contributed by atoms with Crippen molar-refractivity contribution in [2.45, 2.75) is 0 Å². The molecule has 0 fully saturated rings. The lowest BCUT2D eigenvalue weighted by Crippen LogP contribution is -2.27. The predicted octanol–water partition coefficient (Wildman–Crippen LogP) is 2.93. The summed E-state index contributed by atoms with van der Waals surface area (Å²) in [6, 6.07) is 9.90. The zero-order chi connectivity index (χ0) is 16.4. The summed E-state index contributed by atoms with van der Waals surface area (Å²) in [5, 5.41) is 5.79. The van der Waals surface area contributed by atoms with Gasteiger partial charge < -0.3 is 20.1 Å². The number of ether oxygens (including phenoxy) is 2. The fourth-order valence-electron chi connectivity index (χ4n) is 2.24. The van der Waals surface area contributed by atoms with Gasteiger partial charge in [0.2, 0.25) is 0 Å². The van der Waals surface area contributed by atoms with Crippen molar-refractivity contribution in [3.63, 3.8) is 0 Å². The molecular weight excluding hydrogens is 320 g/mol. The van der Waals surface area contributed by atoms with Gasteiger partial charge in [-0.15, -0.1) is 0 Å². The molecule has 0 spiro atoms.